The molecule has 0 radical (unpaired) electrons. The SMILES string of the molecule is [CH2-][C@H]1c2ccccc2N(C(=O)OC(C)(C)C)[C-]1c1ccccc1.[Pd+2]. The van der Waals surface area contributed by atoms with Gasteiger partial charge >= 0.3 is 26.5 Å². The van der Waals surface area contributed by atoms with Crippen LogP contribution in [0.3, 0.4) is 0 Å². The number of para-hydroxylation sites is 1. The Hall–Kier alpha value is -1.76. The standard InChI is InChI=1S/C20H21NO2.Pd/c1-14-16-12-8-9-13-17(16)21(19(22)23-20(2,3)4)18(14)15-10-6-5-7-11-15;/h5-14H,1H2,2-4H3;/q-2;+2/t14-;/m0./s1. The van der Waals surface area contributed by atoms with Gasteiger partial charge in [0.1, 0.15) is 5.60 Å². The number of rotatable bonds is 1. The third-order valence-electron chi connectivity index (χ3n) is 3.77. The summed E-state index contributed by atoms with van der Waals surface area (Å²) in [5.74, 6) is -0.110. The van der Waals surface area contributed by atoms with Crippen molar-refractivity contribution in [2.75, 3.05) is 4.90 Å². The Morgan fingerprint density at radius 3 is 2.29 bits per heavy atom. The summed E-state index contributed by atoms with van der Waals surface area (Å²) in [6, 6.07) is 18.6. The first kappa shape index (κ1) is 18.6. The van der Waals surface area contributed by atoms with Crippen LogP contribution in [0.15, 0.2) is 54.6 Å². The molecule has 24 heavy (non-hydrogen) atoms. The summed E-state index contributed by atoms with van der Waals surface area (Å²) < 4.78 is 5.62. The van der Waals surface area contributed by atoms with Crippen LogP contribution in [-0.2, 0) is 25.2 Å². The molecule has 0 bridgehead atoms. The van der Waals surface area contributed by atoms with E-state index in [2.05, 4.69) is 6.92 Å². The fourth-order valence-corrected chi connectivity index (χ4v) is 2.86. The maximum absolute atomic E-state index is 12.8. The second-order valence-corrected chi connectivity index (χ2v) is 6.68. The minimum absolute atomic E-state index is 0. The number of carbonyl (C=O) groups excluding carboxylic acids is 1. The van der Waals surface area contributed by atoms with E-state index in [0.717, 1.165) is 22.9 Å². The molecule has 0 N–H and O–H groups in total. The number of anilines is 1. The minimum Gasteiger partial charge on any atom is -0.444 e. The number of amides is 1. The van der Waals surface area contributed by atoms with Gasteiger partial charge in [-0.25, -0.2) is 4.79 Å². The molecule has 0 saturated heterocycles. The van der Waals surface area contributed by atoms with Gasteiger partial charge in [0.05, 0.1) is 0 Å². The van der Waals surface area contributed by atoms with Crippen molar-refractivity contribution in [3.63, 3.8) is 0 Å². The first-order valence-corrected chi connectivity index (χ1v) is 7.76. The van der Waals surface area contributed by atoms with Crippen LogP contribution in [0.25, 0.3) is 0 Å². The molecular weight excluding hydrogens is 393 g/mol. The summed E-state index contributed by atoms with van der Waals surface area (Å²) in [5, 5.41) is 0. The average Bonchev–Trinajstić information content (AvgIpc) is 2.80. The fourth-order valence-electron chi connectivity index (χ4n) is 2.86. The van der Waals surface area contributed by atoms with Gasteiger partial charge in [-0.2, -0.15) is 17.7 Å². The van der Waals surface area contributed by atoms with E-state index in [1.54, 1.807) is 4.90 Å². The van der Waals surface area contributed by atoms with Crippen LogP contribution in [0, 0.1) is 13.0 Å². The molecule has 4 heteroatoms. The van der Waals surface area contributed by atoms with Gasteiger partial charge in [-0.15, -0.1) is 18.1 Å². The Morgan fingerprint density at radius 1 is 1.08 bits per heavy atom. The quantitative estimate of drug-likeness (QED) is 0.489. The molecule has 0 fully saturated rings. The molecule has 1 atom stereocenters. The third-order valence-corrected chi connectivity index (χ3v) is 3.77. The molecule has 2 aromatic carbocycles. The van der Waals surface area contributed by atoms with E-state index in [-0.39, 0.29) is 32.4 Å². The van der Waals surface area contributed by atoms with E-state index >= 15 is 0 Å². The van der Waals surface area contributed by atoms with Gasteiger partial charge in [-0.05, 0) is 26.8 Å². The van der Waals surface area contributed by atoms with Crippen LogP contribution in [0.4, 0.5) is 10.5 Å². The maximum atomic E-state index is 12.8. The van der Waals surface area contributed by atoms with E-state index < -0.39 is 5.60 Å². The summed E-state index contributed by atoms with van der Waals surface area (Å²) in [7, 11) is 0. The van der Waals surface area contributed by atoms with Gasteiger partial charge in [0.25, 0.3) is 0 Å². The summed E-state index contributed by atoms with van der Waals surface area (Å²) >= 11 is 0. The molecular formula is C20H21NO2Pd. The number of benzene rings is 2. The van der Waals surface area contributed by atoms with E-state index in [1.807, 2.05) is 75.4 Å². The first-order valence-electron chi connectivity index (χ1n) is 7.76. The number of carbonyl (C=O) groups is 1. The van der Waals surface area contributed by atoms with Gasteiger partial charge < -0.3 is 16.6 Å². The van der Waals surface area contributed by atoms with Gasteiger partial charge in [0.15, 0.2) is 0 Å². The Kier molecular flexibility index (Phi) is 5.43. The molecule has 2 aromatic rings. The average molecular weight is 414 g/mol. The van der Waals surface area contributed by atoms with Gasteiger partial charge in [-0.1, -0.05) is 35.9 Å². The molecule has 1 heterocycles. The van der Waals surface area contributed by atoms with E-state index in [9.17, 15) is 4.79 Å². The number of hydrogen-bond acceptors (Lipinski definition) is 2. The smallest absolute Gasteiger partial charge is 0.444 e. The van der Waals surface area contributed by atoms with Crippen molar-refractivity contribution in [2.24, 2.45) is 0 Å². The Morgan fingerprint density at radius 2 is 1.67 bits per heavy atom. The van der Waals surface area contributed by atoms with Gasteiger partial charge in [0.2, 0.25) is 0 Å². The van der Waals surface area contributed by atoms with Crippen molar-refractivity contribution >= 4 is 11.8 Å². The summed E-state index contributed by atoms with van der Waals surface area (Å²) in [6.45, 7) is 9.89. The molecule has 3 rings (SSSR count). The molecule has 128 valence electrons. The summed E-state index contributed by atoms with van der Waals surface area (Å²) in [6.07, 6.45) is -0.366. The normalized spacial score (nSPS) is 16.4. The Bertz CT molecular complexity index is 709. The van der Waals surface area contributed by atoms with Crippen LogP contribution in [0.1, 0.15) is 37.8 Å². The molecule has 0 saturated carbocycles. The van der Waals surface area contributed by atoms with Crippen molar-refractivity contribution in [2.45, 2.75) is 32.3 Å². The topological polar surface area (TPSA) is 29.5 Å². The monoisotopic (exact) mass is 413 g/mol. The molecule has 3 nitrogen and oxygen atoms in total. The van der Waals surface area contributed by atoms with E-state index in [0.29, 0.717) is 0 Å². The Balaban J connectivity index is 0.00000208. The number of nitrogens with zero attached hydrogens (tertiary/aromatic N) is 1. The number of ether oxygens (including phenoxy) is 1. The van der Waals surface area contributed by atoms with Gasteiger partial charge in [0, 0.05) is 5.69 Å². The molecule has 1 aliphatic heterocycles. The predicted octanol–water partition coefficient (Wildman–Crippen LogP) is 4.94. The molecule has 1 amide bonds. The zero-order valence-electron chi connectivity index (χ0n) is 14.1. The van der Waals surface area contributed by atoms with Crippen LogP contribution in [0.2, 0.25) is 0 Å². The second-order valence-electron chi connectivity index (χ2n) is 6.68. The third kappa shape index (κ3) is 3.51. The van der Waals surface area contributed by atoms with Gasteiger partial charge in [-0.3, -0.25) is 0 Å². The number of hydrogen-bond donors (Lipinski definition) is 0. The van der Waals surface area contributed by atoms with Crippen LogP contribution < -0.4 is 4.90 Å². The van der Waals surface area contributed by atoms with Crippen molar-refractivity contribution in [3.8, 4) is 0 Å². The van der Waals surface area contributed by atoms with Crippen LogP contribution in [-0.4, -0.2) is 11.7 Å². The molecule has 1 aliphatic rings. The summed E-state index contributed by atoms with van der Waals surface area (Å²) in [4.78, 5) is 14.5. The zero-order chi connectivity index (χ0) is 16.6. The first-order chi connectivity index (χ1) is 10.9. The maximum Gasteiger partial charge on any atom is 2.00 e. The summed E-state index contributed by atoms with van der Waals surface area (Å²) in [5.41, 5.74) is 2.32. The van der Waals surface area contributed by atoms with E-state index in [1.165, 1.54) is 0 Å². The van der Waals surface area contributed by atoms with Crippen molar-refractivity contribution in [1.82, 2.24) is 0 Å². The van der Waals surface area contributed by atoms with Crippen molar-refractivity contribution < 1.29 is 30.0 Å². The predicted molar refractivity (Wildman–Crippen MR) is 92.0 cm³/mol. The molecule has 0 aromatic heterocycles. The van der Waals surface area contributed by atoms with Crippen LogP contribution in [0.5, 0.6) is 0 Å². The largest absolute Gasteiger partial charge is 2.00 e. The van der Waals surface area contributed by atoms with Crippen LogP contribution >= 0.6 is 0 Å². The molecule has 0 spiro atoms. The molecule has 0 aliphatic carbocycles. The van der Waals surface area contributed by atoms with E-state index in [4.69, 9.17) is 4.74 Å². The fraction of sp³-hybridized carbons (Fsp3) is 0.250. The van der Waals surface area contributed by atoms with Crippen molar-refractivity contribution in [1.29, 1.82) is 0 Å². The molecule has 0 unspecified atom stereocenters. The second kappa shape index (κ2) is 7.01. The number of fused-ring (bicyclic) bond motifs is 1. The Labute approximate surface area is 157 Å². The minimum atomic E-state index is -0.549. The van der Waals surface area contributed by atoms with Crippen molar-refractivity contribution in [3.05, 3.63) is 78.7 Å². The zero-order valence-corrected chi connectivity index (χ0v) is 15.6.